The molecule has 3 aromatic rings. The van der Waals surface area contributed by atoms with Crippen molar-refractivity contribution in [3.05, 3.63) is 72.6 Å². The van der Waals surface area contributed by atoms with Gasteiger partial charge in [-0.2, -0.15) is 0 Å². The van der Waals surface area contributed by atoms with Crippen LogP contribution in [0.5, 0.6) is 0 Å². The summed E-state index contributed by atoms with van der Waals surface area (Å²) in [6.07, 6.45) is 5.29. The average Bonchev–Trinajstić information content (AvgIpc) is 2.76. The Labute approximate surface area is 175 Å². The molecule has 2 aromatic carbocycles. The highest BCUT2D eigenvalue weighted by Crippen LogP contribution is 2.34. The molecule has 0 saturated carbocycles. The predicted molar refractivity (Wildman–Crippen MR) is 117 cm³/mol. The number of anilines is 2. The van der Waals surface area contributed by atoms with Crippen molar-refractivity contribution in [2.45, 2.75) is 29.7 Å². The zero-order valence-electron chi connectivity index (χ0n) is 16.4. The molecule has 29 heavy (non-hydrogen) atoms. The van der Waals surface area contributed by atoms with Crippen LogP contribution in [0.4, 0.5) is 11.5 Å². The largest absolute Gasteiger partial charge is 0.354 e. The van der Waals surface area contributed by atoms with Gasteiger partial charge in [0, 0.05) is 36.1 Å². The monoisotopic (exact) mass is 404 g/mol. The first kappa shape index (κ1) is 19.5. The zero-order chi connectivity index (χ0) is 20.1. The molecule has 0 bridgehead atoms. The lowest BCUT2D eigenvalue weighted by Crippen LogP contribution is -2.41. The van der Waals surface area contributed by atoms with Gasteiger partial charge in [-0.05, 0) is 44.0 Å². The van der Waals surface area contributed by atoms with Gasteiger partial charge in [-0.3, -0.25) is 4.79 Å². The molecule has 0 spiro atoms. The molecule has 4 rings (SSSR count). The number of piperidine rings is 1. The van der Waals surface area contributed by atoms with E-state index in [2.05, 4.69) is 32.3 Å². The van der Waals surface area contributed by atoms with Gasteiger partial charge in [0.05, 0.1) is 5.92 Å². The van der Waals surface area contributed by atoms with Crippen LogP contribution in [0, 0.1) is 12.8 Å². The number of carbonyl (C=O) groups is 1. The van der Waals surface area contributed by atoms with E-state index in [-0.39, 0.29) is 11.8 Å². The maximum Gasteiger partial charge on any atom is 0.229 e. The van der Waals surface area contributed by atoms with E-state index in [0.29, 0.717) is 6.54 Å². The Balaban J connectivity index is 1.47. The van der Waals surface area contributed by atoms with Crippen LogP contribution in [-0.2, 0) is 4.79 Å². The minimum Gasteiger partial charge on any atom is -0.354 e. The highest BCUT2D eigenvalue weighted by molar-refractivity contribution is 7.99. The quantitative estimate of drug-likeness (QED) is 0.662. The Bertz CT molecular complexity index is 962. The van der Waals surface area contributed by atoms with Crippen LogP contribution in [0.25, 0.3) is 0 Å². The third-order valence-corrected chi connectivity index (χ3v) is 6.00. The molecule has 1 N–H and O–H groups in total. The van der Waals surface area contributed by atoms with Gasteiger partial charge >= 0.3 is 0 Å². The van der Waals surface area contributed by atoms with Crippen LogP contribution in [0.3, 0.4) is 0 Å². The van der Waals surface area contributed by atoms with E-state index < -0.39 is 0 Å². The number of nitrogens with zero attached hydrogens (tertiary/aromatic N) is 3. The first-order chi connectivity index (χ1) is 14.2. The molecule has 1 atom stereocenters. The summed E-state index contributed by atoms with van der Waals surface area (Å²) in [7, 11) is 0. The molecule has 0 aliphatic carbocycles. The molecule has 1 unspecified atom stereocenters. The Morgan fingerprint density at radius 1 is 1.07 bits per heavy atom. The molecule has 1 saturated heterocycles. The number of aromatic nitrogens is 2. The summed E-state index contributed by atoms with van der Waals surface area (Å²) in [4.78, 5) is 25.3. The summed E-state index contributed by atoms with van der Waals surface area (Å²) >= 11 is 1.61. The first-order valence-corrected chi connectivity index (χ1v) is 10.7. The molecule has 0 radical (unpaired) electrons. The van der Waals surface area contributed by atoms with Gasteiger partial charge < -0.3 is 10.2 Å². The van der Waals surface area contributed by atoms with Gasteiger partial charge in [-0.15, -0.1) is 0 Å². The summed E-state index contributed by atoms with van der Waals surface area (Å²) in [6.45, 7) is 3.57. The summed E-state index contributed by atoms with van der Waals surface area (Å²) in [5, 5.41) is 3.93. The minimum atomic E-state index is -0.0679. The van der Waals surface area contributed by atoms with Gasteiger partial charge in [0.2, 0.25) is 5.91 Å². The maximum absolute atomic E-state index is 12.8. The van der Waals surface area contributed by atoms with E-state index in [1.807, 2.05) is 49.4 Å². The molecule has 1 amide bonds. The summed E-state index contributed by atoms with van der Waals surface area (Å²) < 4.78 is 0. The molecule has 6 heteroatoms. The van der Waals surface area contributed by atoms with E-state index in [4.69, 9.17) is 0 Å². The van der Waals surface area contributed by atoms with Crippen LogP contribution < -0.4 is 10.2 Å². The highest BCUT2D eigenvalue weighted by atomic mass is 32.2. The molecule has 1 fully saturated rings. The van der Waals surface area contributed by atoms with Gasteiger partial charge in [0.25, 0.3) is 0 Å². The molecule has 1 aromatic heterocycles. The summed E-state index contributed by atoms with van der Waals surface area (Å²) in [5.74, 6) is 0.857. The third-order valence-electron chi connectivity index (χ3n) is 5.02. The number of hydrogen-bond acceptors (Lipinski definition) is 5. The molecule has 5 nitrogen and oxygen atoms in total. The SMILES string of the molecule is Cc1ccc(NC(=O)C2CCCN(c3nccnc3Sc3ccccc3)C2)cc1. The Kier molecular flexibility index (Phi) is 6.10. The molecule has 1 aliphatic rings. The van der Waals surface area contributed by atoms with E-state index >= 15 is 0 Å². The van der Waals surface area contributed by atoms with Crippen molar-refractivity contribution < 1.29 is 4.79 Å². The molecular formula is C23H24N4OS. The molecule has 2 heterocycles. The van der Waals surface area contributed by atoms with Gasteiger partial charge in [0.1, 0.15) is 5.03 Å². The number of benzene rings is 2. The lowest BCUT2D eigenvalue weighted by atomic mass is 9.97. The smallest absolute Gasteiger partial charge is 0.229 e. The fourth-order valence-corrected chi connectivity index (χ4v) is 4.37. The summed E-state index contributed by atoms with van der Waals surface area (Å²) in [5.41, 5.74) is 2.02. The Morgan fingerprint density at radius 2 is 1.83 bits per heavy atom. The number of hydrogen-bond donors (Lipinski definition) is 1. The minimum absolute atomic E-state index is 0.0679. The third kappa shape index (κ3) is 4.95. The second kappa shape index (κ2) is 9.09. The molecular weight excluding hydrogens is 380 g/mol. The van der Waals surface area contributed by atoms with Crippen LogP contribution in [0.1, 0.15) is 18.4 Å². The highest BCUT2D eigenvalue weighted by Gasteiger charge is 2.28. The van der Waals surface area contributed by atoms with Crippen LogP contribution in [0.2, 0.25) is 0 Å². The standard InChI is InChI=1S/C23H24N4OS/c1-17-9-11-19(12-10-17)26-22(28)18-6-5-15-27(16-18)21-23(25-14-13-24-21)29-20-7-3-2-4-8-20/h2-4,7-14,18H,5-6,15-16H2,1H3,(H,26,28). The normalized spacial score (nSPS) is 16.4. The van der Waals surface area contributed by atoms with E-state index in [1.54, 1.807) is 24.2 Å². The second-order valence-electron chi connectivity index (χ2n) is 7.24. The second-order valence-corrected chi connectivity index (χ2v) is 8.30. The van der Waals surface area contributed by atoms with Crippen molar-refractivity contribution in [1.82, 2.24) is 9.97 Å². The van der Waals surface area contributed by atoms with Crippen LogP contribution >= 0.6 is 11.8 Å². The lowest BCUT2D eigenvalue weighted by molar-refractivity contribution is -0.120. The maximum atomic E-state index is 12.8. The van der Waals surface area contributed by atoms with Crippen molar-refractivity contribution >= 4 is 29.2 Å². The van der Waals surface area contributed by atoms with Gasteiger partial charge in [-0.25, -0.2) is 9.97 Å². The van der Waals surface area contributed by atoms with E-state index in [1.165, 1.54) is 5.56 Å². The van der Waals surface area contributed by atoms with E-state index in [0.717, 1.165) is 40.8 Å². The van der Waals surface area contributed by atoms with Crippen molar-refractivity contribution in [3.63, 3.8) is 0 Å². The van der Waals surface area contributed by atoms with Crippen LogP contribution in [0.15, 0.2) is 76.9 Å². The van der Waals surface area contributed by atoms with Crippen molar-refractivity contribution in [3.8, 4) is 0 Å². The summed E-state index contributed by atoms with van der Waals surface area (Å²) in [6, 6.07) is 18.1. The number of amides is 1. The fourth-order valence-electron chi connectivity index (χ4n) is 3.47. The van der Waals surface area contributed by atoms with Gasteiger partial charge in [0.15, 0.2) is 5.82 Å². The topological polar surface area (TPSA) is 58.1 Å². The number of rotatable bonds is 5. The lowest BCUT2D eigenvalue weighted by Gasteiger charge is -2.33. The number of carbonyl (C=O) groups excluding carboxylic acids is 1. The Hall–Kier alpha value is -2.86. The van der Waals surface area contributed by atoms with Crippen molar-refractivity contribution in [2.24, 2.45) is 5.92 Å². The first-order valence-electron chi connectivity index (χ1n) is 9.85. The van der Waals surface area contributed by atoms with Crippen LogP contribution in [-0.4, -0.2) is 29.0 Å². The zero-order valence-corrected chi connectivity index (χ0v) is 17.2. The number of nitrogens with one attached hydrogen (secondary N) is 1. The number of aryl methyl sites for hydroxylation is 1. The van der Waals surface area contributed by atoms with Crippen molar-refractivity contribution in [2.75, 3.05) is 23.3 Å². The Morgan fingerprint density at radius 3 is 2.62 bits per heavy atom. The molecule has 148 valence electrons. The molecule has 1 aliphatic heterocycles. The average molecular weight is 405 g/mol. The fraction of sp³-hybridized carbons (Fsp3) is 0.261. The van der Waals surface area contributed by atoms with Gasteiger partial charge in [-0.1, -0.05) is 47.7 Å². The predicted octanol–water partition coefficient (Wildman–Crippen LogP) is 4.79. The van der Waals surface area contributed by atoms with Crippen molar-refractivity contribution in [1.29, 1.82) is 0 Å². The van der Waals surface area contributed by atoms with E-state index in [9.17, 15) is 4.79 Å².